The molecule has 0 aromatic rings. The van der Waals surface area contributed by atoms with E-state index in [1.807, 2.05) is 0 Å². The molecule has 0 radical (unpaired) electrons. The van der Waals surface area contributed by atoms with E-state index in [2.05, 4.69) is 13.2 Å². The van der Waals surface area contributed by atoms with Gasteiger partial charge in [0.05, 0.1) is 7.11 Å². The summed E-state index contributed by atoms with van der Waals surface area (Å²) in [5.41, 5.74) is 0.923. The molecule has 5 aliphatic carbocycles. The van der Waals surface area contributed by atoms with Gasteiger partial charge in [-0.2, -0.15) is 0 Å². The molecule has 27 heavy (non-hydrogen) atoms. The molecule has 4 heteroatoms. The predicted molar refractivity (Wildman–Crippen MR) is 107 cm³/mol. The lowest BCUT2D eigenvalue weighted by Crippen LogP contribution is -2.46. The quantitative estimate of drug-likeness (QED) is 0.530. The number of carboxylic acids is 1. The van der Waals surface area contributed by atoms with E-state index in [9.17, 15) is 9.59 Å². The molecule has 0 amide bonds. The Morgan fingerprint density at radius 2 is 1.22 bits per heavy atom. The highest BCUT2D eigenvalue weighted by molar-refractivity contribution is 5.88. The number of carbonyl (C=O) groups excluding carboxylic acids is 1. The van der Waals surface area contributed by atoms with E-state index in [0.29, 0.717) is 5.92 Å². The van der Waals surface area contributed by atoms with Gasteiger partial charge in [0.1, 0.15) is 0 Å². The van der Waals surface area contributed by atoms with E-state index in [1.54, 1.807) is 0 Å². The maximum atomic E-state index is 11.6. The number of methoxy groups -OCH3 is 1. The van der Waals surface area contributed by atoms with Crippen LogP contribution < -0.4 is 0 Å². The van der Waals surface area contributed by atoms with E-state index in [1.165, 1.54) is 78.2 Å². The Morgan fingerprint density at radius 3 is 1.52 bits per heavy atom. The zero-order valence-corrected chi connectivity index (χ0v) is 17.0. The third-order valence-electron chi connectivity index (χ3n) is 6.69. The minimum Gasteiger partial charge on any atom is -0.478 e. The monoisotopic (exact) mass is 376 g/mol. The molecule has 5 fully saturated rings. The smallest absolute Gasteiger partial charge is 0.333 e. The summed E-state index contributed by atoms with van der Waals surface area (Å²) < 4.78 is 4.83. The molecule has 1 N–H and O–H groups in total. The van der Waals surface area contributed by atoms with Crippen LogP contribution in [0, 0.1) is 29.6 Å². The largest absolute Gasteiger partial charge is 0.478 e. The molecule has 4 nitrogen and oxygen atoms in total. The fourth-order valence-electron chi connectivity index (χ4n) is 5.65. The lowest BCUT2D eigenvalue weighted by Gasteiger charge is -2.54. The summed E-state index contributed by atoms with van der Waals surface area (Å²) in [5.74, 6) is 2.66. The van der Waals surface area contributed by atoms with Crippen molar-refractivity contribution in [3.63, 3.8) is 0 Å². The second kappa shape index (κ2) is 10.1. The highest BCUT2D eigenvalue weighted by Crippen LogP contribution is 2.58. The van der Waals surface area contributed by atoms with Gasteiger partial charge >= 0.3 is 11.9 Å². The van der Waals surface area contributed by atoms with Crippen LogP contribution in [0.2, 0.25) is 0 Å². The van der Waals surface area contributed by atoms with Crippen LogP contribution in [0.5, 0.6) is 0 Å². The molecule has 0 heterocycles. The van der Waals surface area contributed by atoms with E-state index < -0.39 is 5.97 Å². The molecule has 152 valence electrons. The number of carbonyl (C=O) groups is 2. The van der Waals surface area contributed by atoms with Gasteiger partial charge in [-0.25, -0.2) is 9.59 Å². The highest BCUT2D eigenvalue weighted by atomic mass is 16.5. The van der Waals surface area contributed by atoms with Crippen molar-refractivity contribution in [1.82, 2.24) is 0 Å². The van der Waals surface area contributed by atoms with Gasteiger partial charge in [-0.3, -0.25) is 0 Å². The minimum absolute atomic E-state index is 0.176. The van der Waals surface area contributed by atoms with E-state index in [0.717, 1.165) is 29.2 Å². The SMILES string of the molecule is C1CCCC1.C=C(C(=O)OC)C1C2CC3CC(C2)CC1C3.C=C(C)C(=O)O. The van der Waals surface area contributed by atoms with Gasteiger partial charge in [0, 0.05) is 11.1 Å². The highest BCUT2D eigenvalue weighted by Gasteiger charge is 2.49. The van der Waals surface area contributed by atoms with Crippen LogP contribution in [0.15, 0.2) is 24.3 Å². The second-order valence-electron chi connectivity index (χ2n) is 8.83. The van der Waals surface area contributed by atoms with Crippen molar-refractivity contribution in [2.75, 3.05) is 7.11 Å². The van der Waals surface area contributed by atoms with Crippen molar-refractivity contribution in [3.05, 3.63) is 24.3 Å². The Labute approximate surface area is 164 Å². The first-order chi connectivity index (χ1) is 12.8. The molecule has 5 saturated carbocycles. The summed E-state index contributed by atoms with van der Waals surface area (Å²) in [6.07, 6.45) is 14.3. The number of rotatable bonds is 3. The molecule has 0 aromatic heterocycles. The van der Waals surface area contributed by atoms with Crippen molar-refractivity contribution in [2.45, 2.75) is 71.1 Å². The molecule has 4 bridgehead atoms. The van der Waals surface area contributed by atoms with Gasteiger partial charge in [-0.15, -0.1) is 0 Å². The molecule has 0 atom stereocenters. The molecule has 5 rings (SSSR count). The van der Waals surface area contributed by atoms with Gasteiger partial charge in [0.2, 0.25) is 0 Å². The fourth-order valence-corrected chi connectivity index (χ4v) is 5.65. The van der Waals surface area contributed by atoms with Crippen LogP contribution in [-0.2, 0) is 14.3 Å². The van der Waals surface area contributed by atoms with E-state index in [4.69, 9.17) is 9.84 Å². The molecule has 0 saturated heterocycles. The first-order valence-corrected chi connectivity index (χ1v) is 10.5. The van der Waals surface area contributed by atoms with Crippen LogP contribution in [0.3, 0.4) is 0 Å². The zero-order valence-electron chi connectivity index (χ0n) is 17.0. The normalized spacial score (nSPS) is 32.4. The Bertz CT molecular complexity index is 511. The third kappa shape index (κ3) is 5.95. The molecule has 5 aliphatic rings. The lowest BCUT2D eigenvalue weighted by atomic mass is 9.50. The minimum atomic E-state index is -0.935. The predicted octanol–water partition coefficient (Wildman–Crippen LogP) is 5.39. The Morgan fingerprint density at radius 1 is 0.852 bits per heavy atom. The number of carboxylic acid groups (broad SMARTS) is 1. The number of hydrogen-bond acceptors (Lipinski definition) is 3. The van der Waals surface area contributed by atoms with Crippen LogP contribution in [0.4, 0.5) is 0 Å². The van der Waals surface area contributed by atoms with Crippen molar-refractivity contribution in [3.8, 4) is 0 Å². The topological polar surface area (TPSA) is 63.6 Å². The van der Waals surface area contributed by atoms with Gasteiger partial charge in [-0.1, -0.05) is 45.3 Å². The summed E-state index contributed by atoms with van der Waals surface area (Å²) in [6, 6.07) is 0. The van der Waals surface area contributed by atoms with Gasteiger partial charge < -0.3 is 9.84 Å². The van der Waals surface area contributed by atoms with E-state index in [-0.39, 0.29) is 11.5 Å². The first kappa shape index (κ1) is 21.7. The third-order valence-corrected chi connectivity index (χ3v) is 6.69. The summed E-state index contributed by atoms with van der Waals surface area (Å²) in [5, 5.41) is 7.89. The Balaban J connectivity index is 0.000000196. The molecular formula is C23H36O4. The van der Waals surface area contributed by atoms with Gasteiger partial charge in [-0.05, 0) is 68.6 Å². The summed E-state index contributed by atoms with van der Waals surface area (Å²) in [7, 11) is 1.46. The van der Waals surface area contributed by atoms with Gasteiger partial charge in [0.25, 0.3) is 0 Å². The van der Waals surface area contributed by atoms with Gasteiger partial charge in [0.15, 0.2) is 0 Å². The zero-order chi connectivity index (χ0) is 20.0. The maximum absolute atomic E-state index is 11.6. The number of esters is 1. The van der Waals surface area contributed by atoms with Crippen molar-refractivity contribution >= 4 is 11.9 Å². The lowest BCUT2D eigenvalue weighted by molar-refractivity contribution is -0.138. The number of aliphatic carboxylic acids is 1. The Kier molecular flexibility index (Phi) is 8.12. The summed E-state index contributed by atoms with van der Waals surface area (Å²) in [4.78, 5) is 21.2. The van der Waals surface area contributed by atoms with Crippen molar-refractivity contribution in [1.29, 1.82) is 0 Å². The van der Waals surface area contributed by atoms with Crippen molar-refractivity contribution in [2.24, 2.45) is 29.6 Å². The molecular weight excluding hydrogens is 340 g/mol. The molecule has 0 unspecified atom stereocenters. The maximum Gasteiger partial charge on any atom is 0.333 e. The second-order valence-corrected chi connectivity index (χ2v) is 8.83. The summed E-state index contributed by atoms with van der Waals surface area (Å²) in [6.45, 7) is 8.60. The van der Waals surface area contributed by atoms with Crippen LogP contribution in [0.1, 0.15) is 71.1 Å². The van der Waals surface area contributed by atoms with Crippen LogP contribution >= 0.6 is 0 Å². The molecule has 0 aromatic carbocycles. The molecule has 0 aliphatic heterocycles. The summed E-state index contributed by atoms with van der Waals surface area (Å²) >= 11 is 0. The van der Waals surface area contributed by atoms with E-state index >= 15 is 0 Å². The average molecular weight is 377 g/mol. The average Bonchev–Trinajstić information content (AvgIpc) is 3.20. The first-order valence-electron chi connectivity index (χ1n) is 10.5. The molecule has 0 spiro atoms. The fraction of sp³-hybridized carbons (Fsp3) is 0.739. The van der Waals surface area contributed by atoms with Crippen LogP contribution in [-0.4, -0.2) is 24.2 Å². The number of hydrogen-bond donors (Lipinski definition) is 1. The Hall–Kier alpha value is -1.58. The standard InChI is InChI=1S/C14H20O2.C5H10.C4H6O2/c1-8(14(15)16-2)13-11-4-9-3-10(6-11)7-12(13)5-9;1-2-4-5-3-1;1-3(2)4(5)6/h9-13H,1,3-7H2,2H3;1-5H2;1H2,2H3,(H,5,6). The number of ether oxygens (including phenoxy) is 1. The van der Waals surface area contributed by atoms with Crippen LogP contribution in [0.25, 0.3) is 0 Å². The van der Waals surface area contributed by atoms with Crippen molar-refractivity contribution < 1.29 is 19.4 Å².